The number of benzene rings is 2. The fraction of sp³-hybridized carbons (Fsp3) is 0.625. The minimum atomic E-state index is -0.372. The molecule has 55 heavy (non-hydrogen) atoms. The van der Waals surface area contributed by atoms with E-state index in [1.807, 2.05) is 6.92 Å². The first-order valence-corrected chi connectivity index (χ1v) is 21.4. The van der Waals surface area contributed by atoms with Gasteiger partial charge >= 0.3 is 5.97 Å². The van der Waals surface area contributed by atoms with Crippen molar-refractivity contribution in [3.05, 3.63) is 70.1 Å². The number of fused-ring (bicyclic) bond motifs is 6. The summed E-state index contributed by atoms with van der Waals surface area (Å²) in [6, 6.07) is 12.1. The van der Waals surface area contributed by atoms with Crippen molar-refractivity contribution in [3.63, 3.8) is 0 Å². The molecule has 0 aliphatic heterocycles. The van der Waals surface area contributed by atoms with Gasteiger partial charge in [-0.15, -0.1) is 0 Å². The summed E-state index contributed by atoms with van der Waals surface area (Å²) in [5, 5.41) is 0.368. The van der Waals surface area contributed by atoms with Crippen LogP contribution in [-0.2, 0) is 9.53 Å². The molecule has 0 bridgehead atoms. The molecule has 2 aromatic carbocycles. The molecule has 7 nitrogen and oxygen atoms in total. The molecular weight excluding hydrogens is 689 g/mol. The fourth-order valence-electron chi connectivity index (χ4n) is 11.3. The Morgan fingerprint density at radius 3 is 2.44 bits per heavy atom. The van der Waals surface area contributed by atoms with Gasteiger partial charge in [0.05, 0.1) is 12.0 Å². The largest absolute Gasteiger partial charge is 0.494 e. The van der Waals surface area contributed by atoms with Gasteiger partial charge in [0.25, 0.3) is 0 Å². The SMILES string of the molecule is CCOc1ccc(Oc2c(C)oc3cc(OCC(=O)O[C@@H]4CC[C@@]5(C)C(=CC[C@@H]6[C@H]7CC[C@H]([C@H](C)CCCC(C)C)C[C@@]7(C)CC[C@@H]65)C4)ccc3c2=O)cc1. The van der Waals surface area contributed by atoms with Gasteiger partial charge in [0.1, 0.15) is 34.7 Å². The first kappa shape index (κ1) is 39.5. The van der Waals surface area contributed by atoms with E-state index < -0.39 is 0 Å². The van der Waals surface area contributed by atoms with Gasteiger partial charge in [-0.05, 0) is 148 Å². The molecule has 7 heteroatoms. The number of aryl methyl sites for hydroxylation is 1. The molecule has 8 atom stereocenters. The molecule has 1 heterocycles. The van der Waals surface area contributed by atoms with E-state index in [1.54, 1.807) is 49.4 Å². The molecule has 4 aliphatic carbocycles. The van der Waals surface area contributed by atoms with Gasteiger partial charge in [0, 0.05) is 12.5 Å². The van der Waals surface area contributed by atoms with E-state index in [1.165, 1.54) is 63.4 Å². The van der Waals surface area contributed by atoms with E-state index in [0.717, 1.165) is 60.5 Å². The van der Waals surface area contributed by atoms with Crippen LogP contribution in [0, 0.1) is 53.3 Å². The third-order valence-electron chi connectivity index (χ3n) is 14.4. The van der Waals surface area contributed by atoms with Crippen LogP contribution < -0.4 is 19.6 Å². The van der Waals surface area contributed by atoms with Gasteiger partial charge in [-0.3, -0.25) is 4.79 Å². The van der Waals surface area contributed by atoms with Crippen molar-refractivity contribution in [2.75, 3.05) is 13.2 Å². The zero-order valence-electron chi connectivity index (χ0n) is 34.4. The van der Waals surface area contributed by atoms with Crippen LogP contribution in [0.15, 0.2) is 63.3 Å². The first-order valence-electron chi connectivity index (χ1n) is 21.4. The van der Waals surface area contributed by atoms with E-state index in [9.17, 15) is 9.59 Å². The number of esters is 1. The lowest BCUT2D eigenvalue weighted by molar-refractivity contribution is -0.154. The Balaban J connectivity index is 0.925. The van der Waals surface area contributed by atoms with Crippen molar-refractivity contribution in [2.45, 2.75) is 132 Å². The van der Waals surface area contributed by atoms with Crippen molar-refractivity contribution < 1.29 is 28.2 Å². The summed E-state index contributed by atoms with van der Waals surface area (Å²) in [6.07, 6.45) is 17.5. The Labute approximate surface area is 328 Å². The predicted octanol–water partition coefficient (Wildman–Crippen LogP) is 12.0. The quantitative estimate of drug-likeness (QED) is 0.127. The molecule has 3 fully saturated rings. The maximum Gasteiger partial charge on any atom is 0.344 e. The molecule has 0 saturated heterocycles. The topological polar surface area (TPSA) is 84.2 Å². The molecule has 3 aromatic rings. The molecule has 7 rings (SSSR count). The summed E-state index contributed by atoms with van der Waals surface area (Å²) in [5.41, 5.74) is 2.29. The summed E-state index contributed by atoms with van der Waals surface area (Å²) in [7, 11) is 0. The standard InChI is InChI=1S/C48H64O7/c1-8-51-35-14-16-36(17-15-35)55-46-32(5)53-43-27-37(18-20-40(43)45(46)50)52-29-44(49)54-38-22-25-48(7)34(26-38)13-19-39-41-21-12-33(31(4)11-9-10-30(2)3)28-47(41,6)24-23-42(39)48/h13-18,20,27,30-31,33,38-39,41-42H,8-12,19,21-26,28-29H2,1-7H3/t31-,33+,38-,39-,41-,42+,47-,48+/m1/s1. The highest BCUT2D eigenvalue weighted by molar-refractivity contribution is 5.80. The highest BCUT2D eigenvalue weighted by Crippen LogP contribution is 2.65. The summed E-state index contributed by atoms with van der Waals surface area (Å²) < 4.78 is 29.3. The molecule has 298 valence electrons. The second-order valence-corrected chi connectivity index (χ2v) is 18.4. The zero-order chi connectivity index (χ0) is 38.9. The number of allylic oxidation sites excluding steroid dienone is 1. The average Bonchev–Trinajstić information content (AvgIpc) is 3.15. The van der Waals surface area contributed by atoms with Crippen molar-refractivity contribution >= 4 is 16.9 Å². The average molecular weight is 753 g/mol. The van der Waals surface area contributed by atoms with Crippen LogP contribution in [0.4, 0.5) is 0 Å². The van der Waals surface area contributed by atoms with Crippen molar-refractivity contribution in [1.82, 2.24) is 0 Å². The summed E-state index contributed by atoms with van der Waals surface area (Å²) in [5.74, 6) is 6.67. The highest BCUT2D eigenvalue weighted by Gasteiger charge is 2.56. The molecule has 1 aromatic heterocycles. The maximum absolute atomic E-state index is 13.3. The molecule has 0 spiro atoms. The van der Waals surface area contributed by atoms with E-state index in [4.69, 9.17) is 23.4 Å². The Hall–Kier alpha value is -3.74. The number of carbonyl (C=O) groups is 1. The Morgan fingerprint density at radius 2 is 1.67 bits per heavy atom. The van der Waals surface area contributed by atoms with E-state index >= 15 is 0 Å². The molecule has 4 aliphatic rings. The van der Waals surface area contributed by atoms with Crippen LogP contribution in [0.1, 0.15) is 124 Å². The second-order valence-electron chi connectivity index (χ2n) is 18.4. The van der Waals surface area contributed by atoms with E-state index in [2.05, 4.69) is 40.7 Å². The lowest BCUT2D eigenvalue weighted by Crippen LogP contribution is -2.52. The van der Waals surface area contributed by atoms with Crippen LogP contribution in [0.5, 0.6) is 23.0 Å². The predicted molar refractivity (Wildman–Crippen MR) is 218 cm³/mol. The van der Waals surface area contributed by atoms with Crippen LogP contribution in [0.3, 0.4) is 0 Å². The van der Waals surface area contributed by atoms with Gasteiger partial charge in [0.2, 0.25) is 11.2 Å². The van der Waals surface area contributed by atoms with Gasteiger partial charge in [-0.25, -0.2) is 4.79 Å². The summed E-state index contributed by atoms with van der Waals surface area (Å²) >= 11 is 0. The fourth-order valence-corrected chi connectivity index (χ4v) is 11.3. The van der Waals surface area contributed by atoms with Crippen molar-refractivity contribution in [3.8, 4) is 23.0 Å². The molecule has 3 saturated carbocycles. The van der Waals surface area contributed by atoms with Gasteiger partial charge < -0.3 is 23.4 Å². The molecule has 0 radical (unpaired) electrons. The number of hydrogen-bond acceptors (Lipinski definition) is 7. The van der Waals surface area contributed by atoms with Crippen LogP contribution in [0.25, 0.3) is 11.0 Å². The minimum Gasteiger partial charge on any atom is -0.494 e. The van der Waals surface area contributed by atoms with E-state index in [-0.39, 0.29) is 35.3 Å². The minimum absolute atomic E-state index is 0.125. The van der Waals surface area contributed by atoms with Gasteiger partial charge in [0.15, 0.2) is 6.61 Å². The van der Waals surface area contributed by atoms with E-state index in [0.29, 0.717) is 40.3 Å². The smallest absolute Gasteiger partial charge is 0.344 e. The third kappa shape index (κ3) is 8.37. The highest BCUT2D eigenvalue weighted by atomic mass is 16.6. The van der Waals surface area contributed by atoms with Gasteiger partial charge in [-0.2, -0.15) is 0 Å². The second kappa shape index (κ2) is 16.4. The van der Waals surface area contributed by atoms with Crippen molar-refractivity contribution in [2.24, 2.45) is 46.3 Å². The Morgan fingerprint density at radius 1 is 0.909 bits per heavy atom. The van der Waals surface area contributed by atoms with Crippen LogP contribution in [-0.4, -0.2) is 25.3 Å². The van der Waals surface area contributed by atoms with Crippen LogP contribution >= 0.6 is 0 Å². The van der Waals surface area contributed by atoms with Gasteiger partial charge in [-0.1, -0.05) is 65.5 Å². The maximum atomic E-state index is 13.3. The lowest BCUT2D eigenvalue weighted by Gasteiger charge is -2.61. The first-order chi connectivity index (χ1) is 26.4. The molecular formula is C48H64O7. The molecule has 0 unspecified atom stereocenters. The Kier molecular flexibility index (Phi) is 11.8. The molecule has 0 N–H and O–H groups in total. The lowest BCUT2D eigenvalue weighted by atomic mass is 9.44. The monoisotopic (exact) mass is 752 g/mol. The zero-order valence-corrected chi connectivity index (χ0v) is 34.4. The Bertz CT molecular complexity index is 1910. The summed E-state index contributed by atoms with van der Waals surface area (Å²) in [4.78, 5) is 26.4. The number of carbonyl (C=O) groups excluding carboxylic acids is 1. The third-order valence-corrected chi connectivity index (χ3v) is 14.4. The number of hydrogen-bond donors (Lipinski definition) is 0. The number of rotatable bonds is 13. The normalized spacial score (nSPS) is 29.4. The van der Waals surface area contributed by atoms with Crippen LogP contribution in [0.2, 0.25) is 0 Å². The number of ether oxygens (including phenoxy) is 4. The van der Waals surface area contributed by atoms with Crippen molar-refractivity contribution in [1.29, 1.82) is 0 Å². The summed E-state index contributed by atoms with van der Waals surface area (Å²) in [6.45, 7) is 16.4. The molecule has 0 amide bonds.